The van der Waals surface area contributed by atoms with Gasteiger partial charge in [0.15, 0.2) is 0 Å². The number of likely N-dealkylation sites (N-methyl/N-ethyl adjacent to an activating group) is 1. The summed E-state index contributed by atoms with van der Waals surface area (Å²) in [5.74, 6) is -0.335. The first-order valence-electron chi connectivity index (χ1n) is 10.1. The Morgan fingerprint density at radius 1 is 1.03 bits per heavy atom. The van der Waals surface area contributed by atoms with Gasteiger partial charge in [0.25, 0.3) is 15.9 Å². The van der Waals surface area contributed by atoms with Crippen LogP contribution in [0.1, 0.15) is 21.5 Å². The van der Waals surface area contributed by atoms with Crippen molar-refractivity contribution in [3.05, 3.63) is 95.0 Å². The molecular weight excluding hydrogens is 440 g/mol. The van der Waals surface area contributed by atoms with Gasteiger partial charge in [0.2, 0.25) is 5.91 Å². The third-order valence-corrected chi connectivity index (χ3v) is 5.56. The lowest BCUT2D eigenvalue weighted by Gasteiger charge is -2.17. The molecule has 0 bridgehead atoms. The molecule has 2 N–H and O–H groups in total. The minimum Gasteiger partial charge on any atom is -0.332 e. The van der Waals surface area contributed by atoms with Crippen LogP contribution in [0.25, 0.3) is 6.08 Å². The maximum Gasteiger partial charge on any atom is 0.255 e. The smallest absolute Gasteiger partial charge is 0.255 e. The van der Waals surface area contributed by atoms with Crippen LogP contribution in [-0.4, -0.2) is 43.7 Å². The molecule has 1 heterocycles. The Hall–Kier alpha value is -3.98. The summed E-state index contributed by atoms with van der Waals surface area (Å²) < 4.78 is 27.0. The van der Waals surface area contributed by atoms with Crippen molar-refractivity contribution in [1.29, 1.82) is 0 Å². The third-order valence-electron chi connectivity index (χ3n) is 4.54. The van der Waals surface area contributed by atoms with Gasteiger partial charge in [-0.15, -0.1) is 0 Å². The van der Waals surface area contributed by atoms with Crippen molar-refractivity contribution in [2.75, 3.05) is 23.6 Å². The van der Waals surface area contributed by atoms with Crippen LogP contribution in [0.5, 0.6) is 0 Å². The molecule has 170 valence electrons. The largest absolute Gasteiger partial charge is 0.332 e. The molecule has 3 rings (SSSR count). The summed E-state index contributed by atoms with van der Waals surface area (Å²) in [5, 5.41) is 3.73. The molecule has 33 heavy (non-hydrogen) atoms. The minimum atomic E-state index is -3.72. The van der Waals surface area contributed by atoms with Crippen LogP contribution in [0.4, 0.5) is 11.5 Å². The molecule has 9 heteroatoms. The van der Waals surface area contributed by atoms with Crippen molar-refractivity contribution in [1.82, 2.24) is 9.88 Å². The van der Waals surface area contributed by atoms with Crippen LogP contribution in [0.2, 0.25) is 0 Å². The second kappa shape index (κ2) is 10.6. The fraction of sp³-hybridized carbons (Fsp3) is 0.125. The van der Waals surface area contributed by atoms with Gasteiger partial charge in [-0.05, 0) is 60.5 Å². The van der Waals surface area contributed by atoms with Crippen LogP contribution in [-0.2, 0) is 14.8 Å². The summed E-state index contributed by atoms with van der Waals surface area (Å²) >= 11 is 0. The second-order valence-electron chi connectivity index (χ2n) is 7.37. The molecular formula is C24H24N4O4S. The van der Waals surface area contributed by atoms with Gasteiger partial charge in [-0.25, -0.2) is 13.4 Å². The highest BCUT2D eigenvalue weighted by atomic mass is 32.2. The summed E-state index contributed by atoms with van der Waals surface area (Å²) in [7, 11) is -2.21. The van der Waals surface area contributed by atoms with E-state index in [1.54, 1.807) is 24.4 Å². The van der Waals surface area contributed by atoms with Crippen molar-refractivity contribution in [3.63, 3.8) is 0 Å². The first kappa shape index (κ1) is 23.7. The summed E-state index contributed by atoms with van der Waals surface area (Å²) in [6.45, 7) is 1.73. The van der Waals surface area contributed by atoms with Gasteiger partial charge in [-0.1, -0.05) is 30.3 Å². The highest BCUT2D eigenvalue weighted by molar-refractivity contribution is 7.95. The van der Waals surface area contributed by atoms with Crippen molar-refractivity contribution < 1.29 is 18.0 Å². The van der Waals surface area contributed by atoms with E-state index in [9.17, 15) is 18.0 Å². The zero-order valence-electron chi connectivity index (χ0n) is 18.2. The summed E-state index contributed by atoms with van der Waals surface area (Å²) in [6.07, 6.45) is 3.08. The molecule has 0 aliphatic heterocycles. The van der Waals surface area contributed by atoms with Crippen LogP contribution in [0.3, 0.4) is 0 Å². The zero-order valence-corrected chi connectivity index (χ0v) is 19.0. The quantitative estimate of drug-likeness (QED) is 0.530. The van der Waals surface area contributed by atoms with Crippen molar-refractivity contribution >= 4 is 39.4 Å². The normalized spacial score (nSPS) is 11.2. The molecule has 2 amide bonds. The zero-order chi connectivity index (χ0) is 23.8. The van der Waals surface area contributed by atoms with Crippen LogP contribution in [0, 0.1) is 6.92 Å². The van der Waals surface area contributed by atoms with E-state index in [0.717, 1.165) is 16.5 Å². The van der Waals surface area contributed by atoms with E-state index in [2.05, 4.69) is 15.0 Å². The lowest BCUT2D eigenvalue weighted by molar-refractivity contribution is -0.116. The molecule has 3 aromatic rings. The number of nitrogens with one attached hydrogen (secondary N) is 2. The van der Waals surface area contributed by atoms with Crippen molar-refractivity contribution in [2.45, 2.75) is 6.92 Å². The average molecular weight is 465 g/mol. The molecule has 1 aromatic heterocycles. The van der Waals surface area contributed by atoms with Gasteiger partial charge in [0, 0.05) is 24.5 Å². The van der Waals surface area contributed by atoms with Gasteiger partial charge in [0.1, 0.15) is 5.82 Å². The number of aromatic nitrogens is 1. The molecule has 0 fully saturated rings. The summed E-state index contributed by atoms with van der Waals surface area (Å²) in [5.41, 5.74) is 2.35. The van der Waals surface area contributed by atoms with Gasteiger partial charge < -0.3 is 10.2 Å². The standard InChI is InChI=1S/C24H24N4O4S/c1-18-12-14-25-22(16-18)26-23(29)17-28(2)24(30)20-8-10-21(11-9-20)27-33(31,32)15-13-19-6-4-3-5-7-19/h3-16,27H,17H2,1-2H3,(H,25,26,29)/b15-13+. The first-order chi connectivity index (χ1) is 15.7. The number of amides is 2. The molecule has 0 saturated heterocycles. The topological polar surface area (TPSA) is 108 Å². The van der Waals surface area contributed by atoms with Crippen molar-refractivity contribution in [2.24, 2.45) is 0 Å². The third kappa shape index (κ3) is 7.29. The van der Waals surface area contributed by atoms with Crippen LogP contribution < -0.4 is 10.0 Å². The summed E-state index contributed by atoms with van der Waals surface area (Å²) in [6, 6.07) is 18.6. The number of hydrogen-bond donors (Lipinski definition) is 2. The SMILES string of the molecule is Cc1ccnc(NC(=O)CN(C)C(=O)c2ccc(NS(=O)(=O)/C=C/c3ccccc3)cc2)c1. The van der Waals surface area contributed by atoms with Gasteiger partial charge in [-0.3, -0.25) is 14.3 Å². The maximum absolute atomic E-state index is 12.6. The monoisotopic (exact) mass is 464 g/mol. The Kier molecular flexibility index (Phi) is 7.57. The van der Waals surface area contributed by atoms with Crippen LogP contribution >= 0.6 is 0 Å². The van der Waals surface area contributed by atoms with E-state index in [1.807, 2.05) is 31.2 Å². The molecule has 0 spiro atoms. The number of nitrogens with zero attached hydrogens (tertiary/aromatic N) is 2. The van der Waals surface area contributed by atoms with Gasteiger partial charge >= 0.3 is 0 Å². The number of anilines is 2. The number of rotatable bonds is 8. The Labute approximate surface area is 193 Å². The maximum atomic E-state index is 12.6. The Bertz CT molecular complexity index is 1260. The fourth-order valence-electron chi connectivity index (χ4n) is 2.91. The van der Waals surface area contributed by atoms with Crippen molar-refractivity contribution in [3.8, 4) is 0 Å². The minimum absolute atomic E-state index is 0.160. The average Bonchev–Trinajstić information content (AvgIpc) is 2.78. The molecule has 0 radical (unpaired) electrons. The van der Waals surface area contributed by atoms with E-state index in [1.165, 1.54) is 42.3 Å². The number of aryl methyl sites for hydroxylation is 1. The Morgan fingerprint density at radius 2 is 1.73 bits per heavy atom. The van der Waals surface area contributed by atoms with Crippen LogP contribution in [0.15, 0.2) is 78.3 Å². The molecule has 0 atom stereocenters. The molecule has 0 aliphatic carbocycles. The molecule has 2 aromatic carbocycles. The van der Waals surface area contributed by atoms with E-state index >= 15 is 0 Å². The predicted octanol–water partition coefficient (Wildman–Crippen LogP) is 3.51. The Balaban J connectivity index is 1.57. The number of sulfonamides is 1. The molecule has 0 saturated carbocycles. The summed E-state index contributed by atoms with van der Waals surface area (Å²) in [4.78, 5) is 30.2. The lowest BCUT2D eigenvalue weighted by Crippen LogP contribution is -2.35. The predicted molar refractivity (Wildman–Crippen MR) is 129 cm³/mol. The highest BCUT2D eigenvalue weighted by Gasteiger charge is 2.16. The first-order valence-corrected chi connectivity index (χ1v) is 11.6. The van der Waals surface area contributed by atoms with Gasteiger partial charge in [0.05, 0.1) is 12.0 Å². The molecule has 0 unspecified atom stereocenters. The number of carbonyl (C=O) groups is 2. The van der Waals surface area contributed by atoms with E-state index in [4.69, 9.17) is 0 Å². The molecule has 0 aliphatic rings. The van der Waals surface area contributed by atoms with E-state index in [-0.39, 0.29) is 18.4 Å². The van der Waals surface area contributed by atoms with E-state index in [0.29, 0.717) is 17.1 Å². The number of benzene rings is 2. The number of carbonyl (C=O) groups excluding carboxylic acids is 2. The number of pyridine rings is 1. The highest BCUT2D eigenvalue weighted by Crippen LogP contribution is 2.14. The molecule has 8 nitrogen and oxygen atoms in total. The number of hydrogen-bond acceptors (Lipinski definition) is 5. The van der Waals surface area contributed by atoms with Gasteiger partial charge in [-0.2, -0.15) is 0 Å². The second-order valence-corrected chi connectivity index (χ2v) is 8.93. The lowest BCUT2D eigenvalue weighted by atomic mass is 10.2. The Morgan fingerprint density at radius 3 is 2.39 bits per heavy atom. The fourth-order valence-corrected chi connectivity index (χ4v) is 3.77. The van der Waals surface area contributed by atoms with E-state index < -0.39 is 10.0 Å².